The summed E-state index contributed by atoms with van der Waals surface area (Å²) in [5, 5.41) is 8.49. The normalized spacial score (nSPS) is 23.4. The second-order valence-electron chi connectivity index (χ2n) is 4.81. The summed E-state index contributed by atoms with van der Waals surface area (Å²) in [6.45, 7) is 3.74. The number of carboxylic acid groups (broad SMARTS) is 1. The first-order valence-electron chi connectivity index (χ1n) is 5.68. The molecule has 0 aromatic rings. The van der Waals surface area contributed by atoms with Crippen LogP contribution in [0.3, 0.4) is 0 Å². The minimum atomic E-state index is -0.654. The van der Waals surface area contributed by atoms with Crippen LogP contribution >= 0.6 is 0 Å². The lowest BCUT2D eigenvalue weighted by molar-refractivity contribution is -0.137. The predicted octanol–water partition coefficient (Wildman–Crippen LogP) is 1.58. The van der Waals surface area contributed by atoms with E-state index in [1.165, 1.54) is 32.5 Å². The molecule has 2 aliphatic rings. The minimum absolute atomic E-state index is 0.346. The van der Waals surface area contributed by atoms with Gasteiger partial charge in [0, 0.05) is 26.1 Å². The van der Waals surface area contributed by atoms with Gasteiger partial charge in [0.2, 0.25) is 0 Å². The Bertz CT molecular complexity index is 207. The van der Waals surface area contributed by atoms with Crippen LogP contribution in [0.1, 0.15) is 32.1 Å². The highest BCUT2D eigenvalue weighted by molar-refractivity contribution is 5.66. The summed E-state index contributed by atoms with van der Waals surface area (Å²) in [7, 11) is 0. The third kappa shape index (κ3) is 2.98. The van der Waals surface area contributed by atoms with Gasteiger partial charge in [-0.05, 0) is 37.5 Å². The number of aliphatic carboxylic acids is 1. The molecule has 3 heteroatoms. The molecule has 1 heterocycles. The van der Waals surface area contributed by atoms with E-state index in [1.807, 2.05) is 0 Å². The first-order chi connectivity index (χ1) is 6.74. The molecule has 1 aliphatic heterocycles. The van der Waals surface area contributed by atoms with Crippen molar-refractivity contribution in [2.24, 2.45) is 11.8 Å². The molecular formula is C11H19NO2. The van der Waals surface area contributed by atoms with E-state index in [2.05, 4.69) is 4.90 Å². The van der Waals surface area contributed by atoms with Crippen LogP contribution in [0.15, 0.2) is 0 Å². The van der Waals surface area contributed by atoms with Gasteiger partial charge in [0.05, 0.1) is 0 Å². The maximum atomic E-state index is 10.3. The van der Waals surface area contributed by atoms with Gasteiger partial charge in [0.25, 0.3) is 0 Å². The van der Waals surface area contributed by atoms with Crippen LogP contribution in [-0.2, 0) is 4.79 Å². The van der Waals surface area contributed by atoms with Crippen LogP contribution in [-0.4, -0.2) is 35.6 Å². The first-order valence-corrected chi connectivity index (χ1v) is 5.68. The third-order valence-electron chi connectivity index (χ3n) is 3.25. The number of carbonyl (C=O) groups is 1. The zero-order chi connectivity index (χ0) is 9.97. The van der Waals surface area contributed by atoms with Crippen molar-refractivity contribution in [1.29, 1.82) is 0 Å². The summed E-state index contributed by atoms with van der Waals surface area (Å²) >= 11 is 0. The van der Waals surface area contributed by atoms with Gasteiger partial charge in [0.15, 0.2) is 0 Å². The summed E-state index contributed by atoms with van der Waals surface area (Å²) in [5.41, 5.74) is 0. The van der Waals surface area contributed by atoms with Gasteiger partial charge in [-0.25, -0.2) is 0 Å². The number of likely N-dealkylation sites (tertiary alicyclic amines) is 1. The Kier molecular flexibility index (Phi) is 3.06. The van der Waals surface area contributed by atoms with Crippen molar-refractivity contribution in [2.45, 2.75) is 32.1 Å². The van der Waals surface area contributed by atoms with Gasteiger partial charge >= 0.3 is 5.97 Å². The van der Waals surface area contributed by atoms with Crippen molar-refractivity contribution in [2.75, 3.05) is 19.6 Å². The molecule has 0 unspecified atom stereocenters. The summed E-state index contributed by atoms with van der Waals surface area (Å²) in [6.07, 6.45) is 5.17. The molecule has 0 radical (unpaired) electrons. The standard InChI is InChI=1S/C11H19NO2/c13-11(14)3-1-2-10-7-12(8-10)6-9-4-5-9/h9-10H,1-8H2,(H,13,14). The van der Waals surface area contributed by atoms with E-state index in [0.717, 1.165) is 24.7 Å². The van der Waals surface area contributed by atoms with Gasteiger partial charge in [-0.1, -0.05) is 0 Å². The Morgan fingerprint density at radius 2 is 2.00 bits per heavy atom. The molecule has 14 heavy (non-hydrogen) atoms. The maximum absolute atomic E-state index is 10.3. The van der Waals surface area contributed by atoms with Crippen molar-refractivity contribution in [3.8, 4) is 0 Å². The Hall–Kier alpha value is -0.570. The second-order valence-corrected chi connectivity index (χ2v) is 4.81. The summed E-state index contributed by atoms with van der Waals surface area (Å²) < 4.78 is 0. The average molecular weight is 197 g/mol. The number of rotatable bonds is 6. The van der Waals surface area contributed by atoms with E-state index >= 15 is 0 Å². The van der Waals surface area contributed by atoms with E-state index in [0.29, 0.717) is 6.42 Å². The van der Waals surface area contributed by atoms with E-state index in [-0.39, 0.29) is 0 Å². The van der Waals surface area contributed by atoms with Crippen LogP contribution in [0, 0.1) is 11.8 Å². The number of nitrogens with zero attached hydrogens (tertiary/aromatic N) is 1. The van der Waals surface area contributed by atoms with Gasteiger partial charge in [0.1, 0.15) is 0 Å². The van der Waals surface area contributed by atoms with E-state index in [9.17, 15) is 4.79 Å². The molecule has 1 N–H and O–H groups in total. The van der Waals surface area contributed by atoms with E-state index < -0.39 is 5.97 Å². The lowest BCUT2D eigenvalue weighted by atomic mass is 9.93. The Balaban J connectivity index is 1.47. The van der Waals surface area contributed by atoms with Crippen LogP contribution in [0.2, 0.25) is 0 Å². The Morgan fingerprint density at radius 1 is 1.29 bits per heavy atom. The Morgan fingerprint density at radius 3 is 2.57 bits per heavy atom. The minimum Gasteiger partial charge on any atom is -0.481 e. The maximum Gasteiger partial charge on any atom is 0.303 e. The Labute approximate surface area is 85.1 Å². The highest BCUT2D eigenvalue weighted by Crippen LogP contribution is 2.32. The molecular weight excluding hydrogens is 178 g/mol. The molecule has 1 saturated carbocycles. The molecule has 0 bridgehead atoms. The quantitative estimate of drug-likeness (QED) is 0.703. The smallest absolute Gasteiger partial charge is 0.303 e. The fourth-order valence-electron chi connectivity index (χ4n) is 2.22. The molecule has 1 aliphatic carbocycles. The van der Waals surface area contributed by atoms with Crippen LogP contribution in [0.25, 0.3) is 0 Å². The molecule has 3 nitrogen and oxygen atoms in total. The summed E-state index contributed by atoms with van der Waals surface area (Å²) in [4.78, 5) is 12.8. The van der Waals surface area contributed by atoms with Crippen LogP contribution in [0.4, 0.5) is 0 Å². The monoisotopic (exact) mass is 197 g/mol. The molecule has 0 amide bonds. The highest BCUT2D eigenvalue weighted by Gasteiger charge is 2.31. The fourth-order valence-corrected chi connectivity index (χ4v) is 2.22. The van der Waals surface area contributed by atoms with Crippen molar-refractivity contribution in [3.05, 3.63) is 0 Å². The molecule has 2 fully saturated rings. The molecule has 1 saturated heterocycles. The lowest BCUT2D eigenvalue weighted by Crippen LogP contribution is -2.47. The molecule has 0 aromatic heterocycles. The van der Waals surface area contributed by atoms with Gasteiger partial charge in [-0.15, -0.1) is 0 Å². The van der Waals surface area contributed by atoms with Gasteiger partial charge in [-0.3, -0.25) is 4.79 Å². The van der Waals surface area contributed by atoms with Crippen LogP contribution < -0.4 is 0 Å². The van der Waals surface area contributed by atoms with Gasteiger partial charge < -0.3 is 10.0 Å². The average Bonchev–Trinajstić information content (AvgIpc) is 2.82. The molecule has 0 spiro atoms. The lowest BCUT2D eigenvalue weighted by Gasteiger charge is -2.39. The second kappa shape index (κ2) is 4.30. The zero-order valence-electron chi connectivity index (χ0n) is 8.61. The highest BCUT2D eigenvalue weighted by atomic mass is 16.4. The largest absolute Gasteiger partial charge is 0.481 e. The fraction of sp³-hybridized carbons (Fsp3) is 0.909. The van der Waals surface area contributed by atoms with Crippen molar-refractivity contribution < 1.29 is 9.90 Å². The predicted molar refractivity (Wildman–Crippen MR) is 54.1 cm³/mol. The SMILES string of the molecule is O=C(O)CCCC1CN(CC2CC2)C1. The van der Waals surface area contributed by atoms with Crippen molar-refractivity contribution in [1.82, 2.24) is 4.90 Å². The molecule has 0 atom stereocenters. The molecule has 0 aromatic carbocycles. The summed E-state index contributed by atoms with van der Waals surface area (Å²) in [6, 6.07) is 0. The molecule has 2 rings (SSSR count). The molecule has 80 valence electrons. The van der Waals surface area contributed by atoms with Crippen molar-refractivity contribution >= 4 is 5.97 Å². The van der Waals surface area contributed by atoms with E-state index in [1.54, 1.807) is 0 Å². The number of hydrogen-bond donors (Lipinski definition) is 1. The van der Waals surface area contributed by atoms with Crippen LogP contribution in [0.5, 0.6) is 0 Å². The third-order valence-corrected chi connectivity index (χ3v) is 3.25. The summed E-state index contributed by atoms with van der Waals surface area (Å²) in [5.74, 6) is 1.13. The topological polar surface area (TPSA) is 40.5 Å². The number of carboxylic acids is 1. The van der Waals surface area contributed by atoms with Gasteiger partial charge in [-0.2, -0.15) is 0 Å². The zero-order valence-corrected chi connectivity index (χ0v) is 8.61. The first kappa shape index (κ1) is 9.97. The van der Waals surface area contributed by atoms with E-state index in [4.69, 9.17) is 5.11 Å². The van der Waals surface area contributed by atoms with Crippen molar-refractivity contribution in [3.63, 3.8) is 0 Å². The number of hydrogen-bond acceptors (Lipinski definition) is 2.